The summed E-state index contributed by atoms with van der Waals surface area (Å²) >= 11 is 0. The number of hydrogen-bond donors (Lipinski definition) is 3. The summed E-state index contributed by atoms with van der Waals surface area (Å²) in [6, 6.07) is 14.6. The predicted molar refractivity (Wildman–Crippen MR) is 123 cm³/mol. The Kier molecular flexibility index (Phi) is 8.29. The fraction of sp³-hybridized carbons (Fsp3) is 0.417. The fourth-order valence-corrected chi connectivity index (χ4v) is 3.27. The molecule has 7 nitrogen and oxygen atoms in total. The van der Waals surface area contributed by atoms with Gasteiger partial charge in [-0.1, -0.05) is 19.9 Å². The van der Waals surface area contributed by atoms with Gasteiger partial charge < -0.3 is 25.4 Å². The van der Waals surface area contributed by atoms with Crippen molar-refractivity contribution in [3.05, 3.63) is 48.5 Å². The molecule has 31 heavy (non-hydrogen) atoms. The number of amides is 2. The molecule has 1 unspecified atom stereocenters. The van der Waals surface area contributed by atoms with Crippen molar-refractivity contribution in [2.45, 2.75) is 39.2 Å². The number of anilines is 3. The zero-order valence-electron chi connectivity index (χ0n) is 18.1. The Morgan fingerprint density at radius 2 is 1.77 bits per heavy atom. The minimum atomic E-state index is -0.161. The van der Waals surface area contributed by atoms with Crippen LogP contribution in [0.3, 0.4) is 0 Å². The van der Waals surface area contributed by atoms with Crippen LogP contribution in [0.25, 0.3) is 0 Å². The van der Waals surface area contributed by atoms with E-state index in [1.54, 1.807) is 0 Å². The van der Waals surface area contributed by atoms with Gasteiger partial charge in [0.15, 0.2) is 0 Å². The van der Waals surface area contributed by atoms with E-state index in [1.165, 1.54) is 0 Å². The number of nitrogens with one attached hydrogen (secondary N) is 3. The average Bonchev–Trinajstić information content (AvgIpc) is 3.25. The van der Waals surface area contributed by atoms with E-state index in [1.807, 2.05) is 62.4 Å². The molecule has 0 bridgehead atoms. The van der Waals surface area contributed by atoms with Crippen molar-refractivity contribution >= 4 is 28.9 Å². The third kappa shape index (κ3) is 7.94. The molecule has 1 fully saturated rings. The summed E-state index contributed by atoms with van der Waals surface area (Å²) < 4.78 is 11.3. The molecule has 1 saturated heterocycles. The Balaban J connectivity index is 1.42. The van der Waals surface area contributed by atoms with Gasteiger partial charge in [0.2, 0.25) is 11.8 Å². The first-order valence-corrected chi connectivity index (χ1v) is 10.8. The standard InChI is InChI=1S/C24H31N3O4/c1-17(2)13-23(28)26-19-10-8-18(9-11-19)25-15-24(29)27-20-5-3-6-21(14-20)31-16-22-7-4-12-30-22/h3,5-6,8-11,14,17,22,25H,4,7,12-13,15-16H2,1-2H3,(H,26,28)(H,27,29). The quantitative estimate of drug-likeness (QED) is 0.529. The van der Waals surface area contributed by atoms with Gasteiger partial charge in [-0.05, 0) is 55.2 Å². The highest BCUT2D eigenvalue weighted by atomic mass is 16.5. The van der Waals surface area contributed by atoms with Gasteiger partial charge in [0.25, 0.3) is 0 Å². The molecule has 3 N–H and O–H groups in total. The summed E-state index contributed by atoms with van der Waals surface area (Å²) in [7, 11) is 0. The van der Waals surface area contributed by atoms with Crippen molar-refractivity contribution in [1.29, 1.82) is 0 Å². The molecule has 0 radical (unpaired) electrons. The summed E-state index contributed by atoms with van der Waals surface area (Å²) in [4.78, 5) is 24.1. The van der Waals surface area contributed by atoms with Gasteiger partial charge in [-0.25, -0.2) is 0 Å². The number of ether oxygens (including phenoxy) is 2. The molecule has 1 heterocycles. The van der Waals surface area contributed by atoms with Crippen LogP contribution < -0.4 is 20.7 Å². The summed E-state index contributed by atoms with van der Waals surface area (Å²) in [5.74, 6) is 0.854. The van der Waals surface area contributed by atoms with Crippen molar-refractivity contribution in [3.63, 3.8) is 0 Å². The average molecular weight is 426 g/mol. The molecule has 1 aliphatic rings. The maximum atomic E-state index is 12.3. The Morgan fingerprint density at radius 1 is 1.03 bits per heavy atom. The van der Waals surface area contributed by atoms with Crippen LogP contribution in [-0.2, 0) is 14.3 Å². The Morgan fingerprint density at radius 3 is 2.48 bits per heavy atom. The van der Waals surface area contributed by atoms with Crippen LogP contribution in [0, 0.1) is 5.92 Å². The van der Waals surface area contributed by atoms with Crippen LogP contribution in [0.5, 0.6) is 5.75 Å². The lowest BCUT2D eigenvalue weighted by atomic mass is 10.1. The zero-order chi connectivity index (χ0) is 22.1. The molecule has 0 aromatic heterocycles. The highest BCUT2D eigenvalue weighted by Crippen LogP contribution is 2.20. The smallest absolute Gasteiger partial charge is 0.243 e. The number of hydrogen-bond acceptors (Lipinski definition) is 5. The Bertz CT molecular complexity index is 861. The van der Waals surface area contributed by atoms with Crippen molar-refractivity contribution in [2.75, 3.05) is 35.7 Å². The second kappa shape index (κ2) is 11.4. The van der Waals surface area contributed by atoms with Crippen LogP contribution in [0.15, 0.2) is 48.5 Å². The maximum Gasteiger partial charge on any atom is 0.243 e. The van der Waals surface area contributed by atoms with E-state index in [0.717, 1.165) is 30.8 Å². The number of benzene rings is 2. The van der Waals surface area contributed by atoms with E-state index in [-0.39, 0.29) is 24.5 Å². The molecule has 7 heteroatoms. The normalized spacial score (nSPS) is 15.5. The first kappa shape index (κ1) is 22.6. The first-order chi connectivity index (χ1) is 15.0. The van der Waals surface area contributed by atoms with Crippen LogP contribution in [0.2, 0.25) is 0 Å². The molecule has 2 amide bonds. The van der Waals surface area contributed by atoms with E-state index < -0.39 is 0 Å². The van der Waals surface area contributed by atoms with Crippen molar-refractivity contribution < 1.29 is 19.1 Å². The van der Waals surface area contributed by atoms with Crippen LogP contribution in [-0.4, -0.2) is 37.7 Å². The monoisotopic (exact) mass is 425 g/mol. The minimum Gasteiger partial charge on any atom is -0.491 e. The summed E-state index contributed by atoms with van der Waals surface area (Å²) in [5, 5.41) is 8.81. The van der Waals surface area contributed by atoms with Crippen molar-refractivity contribution in [3.8, 4) is 5.75 Å². The van der Waals surface area contributed by atoms with Gasteiger partial charge in [0.05, 0.1) is 12.6 Å². The van der Waals surface area contributed by atoms with Crippen LogP contribution in [0.4, 0.5) is 17.1 Å². The fourth-order valence-electron chi connectivity index (χ4n) is 3.27. The lowest BCUT2D eigenvalue weighted by Crippen LogP contribution is -2.22. The largest absolute Gasteiger partial charge is 0.491 e. The molecule has 166 valence electrons. The second-order valence-electron chi connectivity index (χ2n) is 8.10. The first-order valence-electron chi connectivity index (χ1n) is 10.8. The van der Waals surface area contributed by atoms with Gasteiger partial charge >= 0.3 is 0 Å². The topological polar surface area (TPSA) is 88.7 Å². The van der Waals surface area contributed by atoms with E-state index in [2.05, 4.69) is 16.0 Å². The molecule has 3 rings (SSSR count). The molecule has 0 aliphatic carbocycles. The van der Waals surface area contributed by atoms with E-state index in [4.69, 9.17) is 9.47 Å². The second-order valence-corrected chi connectivity index (χ2v) is 8.10. The van der Waals surface area contributed by atoms with Gasteiger partial charge in [-0.3, -0.25) is 9.59 Å². The highest BCUT2D eigenvalue weighted by molar-refractivity contribution is 5.94. The number of carbonyl (C=O) groups is 2. The van der Waals surface area contributed by atoms with Crippen molar-refractivity contribution in [1.82, 2.24) is 0 Å². The third-order valence-electron chi connectivity index (χ3n) is 4.79. The molecule has 0 spiro atoms. The number of carbonyl (C=O) groups excluding carboxylic acids is 2. The SMILES string of the molecule is CC(C)CC(=O)Nc1ccc(NCC(=O)Nc2cccc(OCC3CCCO3)c2)cc1. The molecule has 2 aromatic carbocycles. The molecule has 1 aliphatic heterocycles. The maximum absolute atomic E-state index is 12.3. The van der Waals surface area contributed by atoms with Gasteiger partial charge in [0.1, 0.15) is 12.4 Å². The van der Waals surface area contributed by atoms with Gasteiger partial charge in [0, 0.05) is 36.2 Å². The highest BCUT2D eigenvalue weighted by Gasteiger charge is 2.16. The summed E-state index contributed by atoms with van der Waals surface area (Å²) in [6.07, 6.45) is 2.73. The van der Waals surface area contributed by atoms with E-state index in [9.17, 15) is 9.59 Å². The minimum absolute atomic E-state index is 0.00272. The molecular weight excluding hydrogens is 394 g/mol. The predicted octanol–water partition coefficient (Wildman–Crippen LogP) is 4.28. The van der Waals surface area contributed by atoms with Crippen LogP contribution >= 0.6 is 0 Å². The van der Waals surface area contributed by atoms with Crippen molar-refractivity contribution in [2.24, 2.45) is 5.92 Å². The van der Waals surface area contributed by atoms with Crippen LogP contribution in [0.1, 0.15) is 33.1 Å². The number of rotatable bonds is 10. The van der Waals surface area contributed by atoms with E-state index >= 15 is 0 Å². The Labute approximate surface area is 183 Å². The Hall–Kier alpha value is -3.06. The third-order valence-corrected chi connectivity index (χ3v) is 4.79. The lowest BCUT2D eigenvalue weighted by Gasteiger charge is -2.13. The summed E-state index contributed by atoms with van der Waals surface area (Å²) in [5.41, 5.74) is 2.21. The van der Waals surface area contributed by atoms with Gasteiger partial charge in [-0.2, -0.15) is 0 Å². The molecule has 2 aromatic rings. The van der Waals surface area contributed by atoms with E-state index in [0.29, 0.717) is 30.4 Å². The molecular formula is C24H31N3O4. The molecule has 1 atom stereocenters. The van der Waals surface area contributed by atoms with Gasteiger partial charge in [-0.15, -0.1) is 0 Å². The zero-order valence-corrected chi connectivity index (χ0v) is 18.1. The summed E-state index contributed by atoms with van der Waals surface area (Å²) in [6.45, 7) is 5.46. The lowest BCUT2D eigenvalue weighted by molar-refractivity contribution is -0.117. The molecule has 0 saturated carbocycles.